The maximum absolute atomic E-state index is 12.6. The van der Waals surface area contributed by atoms with Crippen molar-refractivity contribution in [2.75, 3.05) is 63.3 Å². The number of carbonyl (C=O) groups is 1. The Kier molecular flexibility index (Phi) is 8.39. The Morgan fingerprint density at radius 1 is 1.19 bits per heavy atom. The van der Waals surface area contributed by atoms with Crippen molar-refractivity contribution >= 4 is 39.8 Å². The number of amides is 1. The van der Waals surface area contributed by atoms with Gasteiger partial charge in [-0.3, -0.25) is 4.79 Å². The van der Waals surface area contributed by atoms with Crippen LogP contribution in [0.4, 0.5) is 11.5 Å². The van der Waals surface area contributed by atoms with E-state index in [1.807, 2.05) is 26.2 Å². The molecule has 3 aromatic rings. The number of rotatable bonds is 7. The Morgan fingerprint density at radius 2 is 2.00 bits per heavy atom. The van der Waals surface area contributed by atoms with Crippen LogP contribution >= 0.6 is 11.6 Å². The number of anilines is 2. The number of halogens is 1. The molecule has 10 nitrogen and oxygen atoms in total. The Bertz CT molecular complexity index is 1570. The fourth-order valence-electron chi connectivity index (χ4n) is 6.44. The lowest BCUT2D eigenvalue weighted by Crippen LogP contribution is -2.55. The minimum Gasteiger partial charge on any atom is -0.456 e. The predicted molar refractivity (Wildman–Crippen MR) is 167 cm³/mol. The molecule has 1 amide bonds. The summed E-state index contributed by atoms with van der Waals surface area (Å²) in [5.41, 5.74) is 3.04. The molecule has 0 radical (unpaired) electrons. The standard InChI is InChI=1S/C32H36ClN7O3/c1-4-29(41)40-16-15-39(17-22(40)11-13-34)31-23-12-14-38(26-10-6-8-21-7-5-9-24(33)30(21)26)18-25(23)35-32(36-31)43-28-20-42-19-27(28)37(2)3/h4-10,22,27-28H,1,11-12,14-20H2,2-3H3/t22?,27-,28-/m1/s1. The summed E-state index contributed by atoms with van der Waals surface area (Å²) in [6, 6.07) is 14.6. The van der Waals surface area contributed by atoms with Crippen molar-refractivity contribution in [1.29, 1.82) is 5.26 Å². The molecule has 224 valence electrons. The van der Waals surface area contributed by atoms with Crippen LogP contribution in [0.5, 0.6) is 6.01 Å². The van der Waals surface area contributed by atoms with Crippen LogP contribution in [0.25, 0.3) is 10.8 Å². The molecule has 4 heterocycles. The number of likely N-dealkylation sites (N-methyl/N-ethyl adjacent to an activating group) is 1. The summed E-state index contributed by atoms with van der Waals surface area (Å²) in [5, 5.41) is 12.4. The highest BCUT2D eigenvalue weighted by Crippen LogP contribution is 2.37. The average molecular weight is 602 g/mol. The van der Waals surface area contributed by atoms with Gasteiger partial charge in [0.25, 0.3) is 0 Å². The van der Waals surface area contributed by atoms with E-state index < -0.39 is 0 Å². The third kappa shape index (κ3) is 5.73. The molecule has 0 saturated carbocycles. The van der Waals surface area contributed by atoms with Gasteiger partial charge in [-0.1, -0.05) is 42.4 Å². The predicted octanol–water partition coefficient (Wildman–Crippen LogP) is 3.67. The number of fused-ring (bicyclic) bond motifs is 2. The Labute approximate surface area is 257 Å². The van der Waals surface area contributed by atoms with Gasteiger partial charge in [0.15, 0.2) is 0 Å². The van der Waals surface area contributed by atoms with Crippen LogP contribution in [-0.2, 0) is 22.5 Å². The van der Waals surface area contributed by atoms with Crippen LogP contribution in [0.1, 0.15) is 17.7 Å². The normalized spacial score (nSPS) is 22.0. The number of nitriles is 1. The van der Waals surface area contributed by atoms with Gasteiger partial charge in [-0.15, -0.1) is 0 Å². The van der Waals surface area contributed by atoms with Crippen molar-refractivity contribution in [3.8, 4) is 12.1 Å². The molecule has 6 rings (SSSR count). The number of nitrogens with zero attached hydrogens (tertiary/aromatic N) is 7. The van der Waals surface area contributed by atoms with Gasteiger partial charge >= 0.3 is 6.01 Å². The molecule has 3 aliphatic rings. The first-order valence-corrected chi connectivity index (χ1v) is 15.0. The minimum atomic E-state index is -0.265. The van der Waals surface area contributed by atoms with Crippen LogP contribution < -0.4 is 14.5 Å². The third-order valence-corrected chi connectivity index (χ3v) is 9.00. The van der Waals surface area contributed by atoms with Gasteiger partial charge in [0.2, 0.25) is 5.91 Å². The van der Waals surface area contributed by atoms with Crippen LogP contribution in [0.3, 0.4) is 0 Å². The molecular formula is C32H36ClN7O3. The van der Waals surface area contributed by atoms with Crippen LogP contribution in [0, 0.1) is 11.3 Å². The second-order valence-corrected chi connectivity index (χ2v) is 11.9. The molecule has 1 unspecified atom stereocenters. The SMILES string of the molecule is C=CC(=O)N1CCN(c2nc(O[C@@H]3COC[C@H]3N(C)C)nc3c2CCN(c2cccc4cccc(Cl)c24)C3)CC1CC#N. The minimum absolute atomic E-state index is 0.0888. The number of piperazine rings is 1. The third-order valence-electron chi connectivity index (χ3n) is 8.68. The van der Waals surface area contributed by atoms with E-state index in [0.29, 0.717) is 45.4 Å². The summed E-state index contributed by atoms with van der Waals surface area (Å²) in [5.74, 6) is 0.651. The highest BCUT2D eigenvalue weighted by atomic mass is 35.5. The van der Waals surface area contributed by atoms with Crippen molar-refractivity contribution in [3.63, 3.8) is 0 Å². The molecule has 0 spiro atoms. The molecule has 0 bridgehead atoms. The number of ether oxygens (including phenoxy) is 2. The fourth-order valence-corrected chi connectivity index (χ4v) is 6.71. The number of aromatic nitrogens is 2. The zero-order chi connectivity index (χ0) is 30.1. The average Bonchev–Trinajstić information content (AvgIpc) is 3.48. The zero-order valence-corrected chi connectivity index (χ0v) is 25.3. The summed E-state index contributed by atoms with van der Waals surface area (Å²) in [4.78, 5) is 30.9. The summed E-state index contributed by atoms with van der Waals surface area (Å²) in [7, 11) is 4.03. The van der Waals surface area contributed by atoms with E-state index in [1.54, 1.807) is 4.90 Å². The van der Waals surface area contributed by atoms with Gasteiger partial charge in [-0.2, -0.15) is 15.2 Å². The number of benzene rings is 2. The van der Waals surface area contributed by atoms with Gasteiger partial charge in [0.1, 0.15) is 11.9 Å². The molecule has 0 aliphatic carbocycles. The van der Waals surface area contributed by atoms with E-state index in [0.717, 1.165) is 51.5 Å². The van der Waals surface area contributed by atoms with Gasteiger partial charge in [0, 0.05) is 42.8 Å². The summed E-state index contributed by atoms with van der Waals surface area (Å²) < 4.78 is 12.2. The summed E-state index contributed by atoms with van der Waals surface area (Å²) >= 11 is 6.70. The molecule has 0 N–H and O–H groups in total. The molecule has 1 aromatic heterocycles. The van der Waals surface area contributed by atoms with Crippen LogP contribution in [-0.4, -0.2) is 97.4 Å². The smallest absolute Gasteiger partial charge is 0.319 e. The number of hydrogen-bond donors (Lipinski definition) is 0. The van der Waals surface area contributed by atoms with E-state index in [-0.39, 0.29) is 30.5 Å². The van der Waals surface area contributed by atoms with Crippen molar-refractivity contribution in [2.45, 2.75) is 37.6 Å². The largest absolute Gasteiger partial charge is 0.456 e. The molecule has 3 aliphatic heterocycles. The second kappa shape index (κ2) is 12.4. The van der Waals surface area contributed by atoms with Crippen LogP contribution in [0.15, 0.2) is 49.1 Å². The Balaban J connectivity index is 1.37. The van der Waals surface area contributed by atoms with Crippen molar-refractivity contribution in [2.24, 2.45) is 0 Å². The van der Waals surface area contributed by atoms with Crippen molar-refractivity contribution < 1.29 is 14.3 Å². The van der Waals surface area contributed by atoms with E-state index in [9.17, 15) is 10.1 Å². The lowest BCUT2D eigenvalue weighted by atomic mass is 10.0. The quantitative estimate of drug-likeness (QED) is 0.376. The van der Waals surface area contributed by atoms with Crippen molar-refractivity contribution in [3.05, 3.63) is 65.3 Å². The summed E-state index contributed by atoms with van der Waals surface area (Å²) in [6.45, 7) is 7.59. The van der Waals surface area contributed by atoms with Crippen LogP contribution in [0.2, 0.25) is 5.02 Å². The zero-order valence-electron chi connectivity index (χ0n) is 24.6. The fraction of sp³-hybridized carbons (Fsp3) is 0.438. The van der Waals surface area contributed by atoms with Gasteiger partial charge < -0.3 is 29.1 Å². The topological polar surface area (TPSA) is 98.1 Å². The monoisotopic (exact) mass is 601 g/mol. The molecule has 2 aromatic carbocycles. The highest BCUT2D eigenvalue weighted by Gasteiger charge is 2.36. The van der Waals surface area contributed by atoms with E-state index in [4.69, 9.17) is 31.0 Å². The highest BCUT2D eigenvalue weighted by molar-refractivity contribution is 6.36. The Hall–Kier alpha value is -3.91. The first-order chi connectivity index (χ1) is 20.9. The first-order valence-electron chi connectivity index (χ1n) is 14.7. The molecule has 2 fully saturated rings. The maximum Gasteiger partial charge on any atom is 0.319 e. The molecule has 43 heavy (non-hydrogen) atoms. The second-order valence-electron chi connectivity index (χ2n) is 11.5. The van der Waals surface area contributed by atoms with E-state index in [1.165, 1.54) is 6.08 Å². The molecular weight excluding hydrogens is 566 g/mol. The van der Waals surface area contributed by atoms with Gasteiger partial charge in [0.05, 0.1) is 55.0 Å². The lowest BCUT2D eigenvalue weighted by Gasteiger charge is -2.42. The van der Waals surface area contributed by atoms with E-state index in [2.05, 4.69) is 51.6 Å². The number of hydrogen-bond acceptors (Lipinski definition) is 9. The van der Waals surface area contributed by atoms with Gasteiger partial charge in [-0.25, -0.2) is 0 Å². The first kappa shape index (κ1) is 29.2. The van der Waals surface area contributed by atoms with E-state index >= 15 is 0 Å². The molecule has 2 saturated heterocycles. The molecule has 11 heteroatoms. The maximum atomic E-state index is 12.6. The van der Waals surface area contributed by atoms with Gasteiger partial charge in [-0.05, 0) is 44.1 Å². The number of carbonyl (C=O) groups excluding carboxylic acids is 1. The molecule has 3 atom stereocenters. The Morgan fingerprint density at radius 3 is 2.77 bits per heavy atom. The lowest BCUT2D eigenvalue weighted by molar-refractivity contribution is -0.128. The summed E-state index contributed by atoms with van der Waals surface area (Å²) in [6.07, 6.45) is 2.07. The van der Waals surface area contributed by atoms with Crippen molar-refractivity contribution in [1.82, 2.24) is 19.8 Å².